The summed E-state index contributed by atoms with van der Waals surface area (Å²) < 4.78 is 18.2. The summed E-state index contributed by atoms with van der Waals surface area (Å²) in [7, 11) is 1.52. The van der Waals surface area contributed by atoms with E-state index in [9.17, 15) is 4.39 Å². The molecule has 0 radical (unpaired) electrons. The minimum atomic E-state index is -0.257. The van der Waals surface area contributed by atoms with Gasteiger partial charge in [0.05, 0.1) is 12.1 Å². The molecule has 0 spiro atoms. The fourth-order valence-electron chi connectivity index (χ4n) is 1.19. The molecule has 72 valence electrons. The summed E-state index contributed by atoms with van der Waals surface area (Å²) in [6.45, 7) is 2.00. The summed E-state index contributed by atoms with van der Waals surface area (Å²) in [5.74, 6) is 0.277. The number of aryl methyl sites for hydroxylation is 1. The molecule has 0 aliphatic rings. The molecule has 0 fully saturated rings. The Morgan fingerprint density at radius 2 is 2.15 bits per heavy atom. The van der Waals surface area contributed by atoms with E-state index in [1.807, 2.05) is 6.92 Å². The third-order valence-electron chi connectivity index (χ3n) is 1.84. The number of benzene rings is 1. The van der Waals surface area contributed by atoms with Crippen LogP contribution in [-0.2, 0) is 6.42 Å². The maximum Gasteiger partial charge on any atom is 0.137 e. The van der Waals surface area contributed by atoms with Gasteiger partial charge in [0, 0.05) is 0 Å². The van der Waals surface area contributed by atoms with Crippen LogP contribution < -0.4 is 4.74 Å². The van der Waals surface area contributed by atoms with Crippen LogP contribution in [0.1, 0.15) is 18.9 Å². The van der Waals surface area contributed by atoms with Crippen LogP contribution in [0.5, 0.6) is 5.75 Å². The van der Waals surface area contributed by atoms with Crippen LogP contribution in [0.15, 0.2) is 12.1 Å². The summed E-state index contributed by atoms with van der Waals surface area (Å²) >= 11 is 5.74. The van der Waals surface area contributed by atoms with Gasteiger partial charge in [0.15, 0.2) is 0 Å². The molecule has 1 rings (SSSR count). The summed E-state index contributed by atoms with van der Waals surface area (Å²) in [5, 5.41) is 0.319. The van der Waals surface area contributed by atoms with Gasteiger partial charge in [-0.05, 0) is 24.1 Å². The average Bonchev–Trinajstić information content (AvgIpc) is 2.10. The van der Waals surface area contributed by atoms with Crippen molar-refractivity contribution in [3.05, 3.63) is 28.5 Å². The predicted octanol–water partition coefficient (Wildman–Crippen LogP) is 3.44. The second kappa shape index (κ2) is 4.47. The average molecular weight is 203 g/mol. The minimum absolute atomic E-state index is 0.257. The smallest absolute Gasteiger partial charge is 0.137 e. The fraction of sp³-hybridized carbons (Fsp3) is 0.400. The highest BCUT2D eigenvalue weighted by Crippen LogP contribution is 2.27. The van der Waals surface area contributed by atoms with Gasteiger partial charge in [0.2, 0.25) is 0 Å². The van der Waals surface area contributed by atoms with Gasteiger partial charge >= 0.3 is 0 Å². The molecular weight excluding hydrogens is 191 g/mol. The molecule has 0 saturated carbocycles. The Kier molecular flexibility index (Phi) is 3.55. The van der Waals surface area contributed by atoms with Crippen LogP contribution in [0.2, 0.25) is 5.02 Å². The van der Waals surface area contributed by atoms with Gasteiger partial charge in [0.25, 0.3) is 0 Å². The maximum atomic E-state index is 13.2. The lowest BCUT2D eigenvalue weighted by atomic mass is 10.1. The van der Waals surface area contributed by atoms with Crippen molar-refractivity contribution in [2.75, 3.05) is 7.11 Å². The number of hydrogen-bond acceptors (Lipinski definition) is 1. The molecular formula is C10H12ClFO. The van der Waals surface area contributed by atoms with Crippen LogP contribution in [0, 0.1) is 5.82 Å². The lowest BCUT2D eigenvalue weighted by Crippen LogP contribution is -1.93. The third kappa shape index (κ3) is 2.34. The second-order valence-corrected chi connectivity index (χ2v) is 3.24. The Hall–Kier alpha value is -0.760. The quantitative estimate of drug-likeness (QED) is 0.730. The molecule has 0 heterocycles. The van der Waals surface area contributed by atoms with Crippen LogP contribution in [0.25, 0.3) is 0 Å². The van der Waals surface area contributed by atoms with Gasteiger partial charge in [-0.1, -0.05) is 24.9 Å². The number of rotatable bonds is 3. The van der Waals surface area contributed by atoms with Gasteiger partial charge in [-0.2, -0.15) is 0 Å². The topological polar surface area (TPSA) is 9.23 Å². The summed E-state index contributed by atoms with van der Waals surface area (Å²) in [6.07, 6.45) is 1.61. The Balaban J connectivity index is 3.06. The molecule has 1 aromatic carbocycles. The Morgan fingerprint density at radius 1 is 1.46 bits per heavy atom. The number of ether oxygens (including phenoxy) is 1. The van der Waals surface area contributed by atoms with E-state index in [0.29, 0.717) is 22.8 Å². The Labute approximate surface area is 82.5 Å². The van der Waals surface area contributed by atoms with E-state index in [0.717, 1.165) is 6.42 Å². The Bertz CT molecular complexity index is 299. The maximum absolute atomic E-state index is 13.2. The lowest BCUT2D eigenvalue weighted by Gasteiger charge is -2.06. The second-order valence-electron chi connectivity index (χ2n) is 2.83. The van der Waals surface area contributed by atoms with Crippen molar-refractivity contribution in [1.29, 1.82) is 0 Å². The molecule has 1 aromatic rings. The molecule has 0 amide bonds. The van der Waals surface area contributed by atoms with E-state index < -0.39 is 0 Å². The normalized spacial score (nSPS) is 10.2. The van der Waals surface area contributed by atoms with E-state index in [1.54, 1.807) is 6.07 Å². The van der Waals surface area contributed by atoms with Crippen molar-refractivity contribution in [2.24, 2.45) is 0 Å². The Morgan fingerprint density at radius 3 is 2.69 bits per heavy atom. The van der Waals surface area contributed by atoms with E-state index in [2.05, 4.69) is 0 Å². The van der Waals surface area contributed by atoms with Crippen LogP contribution in [0.4, 0.5) is 4.39 Å². The molecule has 13 heavy (non-hydrogen) atoms. The zero-order valence-corrected chi connectivity index (χ0v) is 8.49. The number of halogens is 2. The van der Waals surface area contributed by atoms with E-state index in [-0.39, 0.29) is 5.82 Å². The van der Waals surface area contributed by atoms with E-state index in [4.69, 9.17) is 16.3 Å². The summed E-state index contributed by atoms with van der Waals surface area (Å²) in [4.78, 5) is 0. The minimum Gasteiger partial charge on any atom is -0.495 e. The highest BCUT2D eigenvalue weighted by molar-refractivity contribution is 6.32. The molecule has 1 nitrogen and oxygen atoms in total. The number of hydrogen-bond donors (Lipinski definition) is 0. The van der Waals surface area contributed by atoms with Crippen LogP contribution >= 0.6 is 11.6 Å². The molecule has 0 atom stereocenters. The van der Waals surface area contributed by atoms with E-state index in [1.165, 1.54) is 13.2 Å². The monoisotopic (exact) mass is 202 g/mol. The molecule has 0 saturated heterocycles. The van der Waals surface area contributed by atoms with Crippen molar-refractivity contribution in [2.45, 2.75) is 19.8 Å². The van der Waals surface area contributed by atoms with Crippen molar-refractivity contribution in [3.63, 3.8) is 0 Å². The van der Waals surface area contributed by atoms with Crippen molar-refractivity contribution in [1.82, 2.24) is 0 Å². The van der Waals surface area contributed by atoms with Gasteiger partial charge in [-0.3, -0.25) is 0 Å². The number of methoxy groups -OCH3 is 1. The van der Waals surface area contributed by atoms with Gasteiger partial charge < -0.3 is 4.74 Å². The zero-order valence-electron chi connectivity index (χ0n) is 7.73. The first-order chi connectivity index (χ1) is 6.19. The van der Waals surface area contributed by atoms with Crippen LogP contribution in [0.3, 0.4) is 0 Å². The van der Waals surface area contributed by atoms with Gasteiger partial charge in [-0.15, -0.1) is 0 Å². The van der Waals surface area contributed by atoms with E-state index >= 15 is 0 Å². The first-order valence-electron chi connectivity index (χ1n) is 4.21. The zero-order chi connectivity index (χ0) is 9.84. The first kappa shape index (κ1) is 10.3. The molecule has 0 unspecified atom stereocenters. The molecule has 0 aliphatic carbocycles. The van der Waals surface area contributed by atoms with Gasteiger partial charge in [0.1, 0.15) is 11.6 Å². The largest absolute Gasteiger partial charge is 0.495 e. The molecule has 0 aromatic heterocycles. The van der Waals surface area contributed by atoms with Crippen LogP contribution in [-0.4, -0.2) is 7.11 Å². The van der Waals surface area contributed by atoms with Crippen molar-refractivity contribution < 1.29 is 9.13 Å². The van der Waals surface area contributed by atoms with Crippen molar-refractivity contribution >= 4 is 11.6 Å². The fourth-order valence-corrected chi connectivity index (χ4v) is 1.42. The summed E-state index contributed by atoms with van der Waals surface area (Å²) in [5.41, 5.74) is 0.656. The van der Waals surface area contributed by atoms with Crippen molar-refractivity contribution in [3.8, 4) is 5.75 Å². The highest BCUT2D eigenvalue weighted by atomic mass is 35.5. The molecule has 0 bridgehead atoms. The first-order valence-corrected chi connectivity index (χ1v) is 4.58. The molecule has 0 aliphatic heterocycles. The predicted molar refractivity (Wildman–Crippen MR) is 52.0 cm³/mol. The standard InChI is InChI=1S/C10H12ClFO/c1-3-4-7-5-10(13-2)8(11)6-9(7)12/h5-6H,3-4H2,1-2H3. The highest BCUT2D eigenvalue weighted by Gasteiger charge is 2.07. The molecule has 3 heteroatoms. The third-order valence-corrected chi connectivity index (χ3v) is 2.14. The molecule has 0 N–H and O–H groups in total. The SMILES string of the molecule is CCCc1cc(OC)c(Cl)cc1F. The van der Waals surface area contributed by atoms with Gasteiger partial charge in [-0.25, -0.2) is 4.39 Å². The lowest BCUT2D eigenvalue weighted by molar-refractivity contribution is 0.413. The summed E-state index contributed by atoms with van der Waals surface area (Å²) in [6, 6.07) is 2.95.